The average molecular weight is 279 g/mol. The molecule has 0 saturated heterocycles. The van der Waals surface area contributed by atoms with Crippen molar-refractivity contribution in [1.29, 1.82) is 5.26 Å². The zero-order chi connectivity index (χ0) is 15.2. The number of carboxylic acids is 2. The number of hydrogen-bond donors (Lipinski definition) is 2. The van der Waals surface area contributed by atoms with E-state index in [0.29, 0.717) is 0 Å². The van der Waals surface area contributed by atoms with Gasteiger partial charge in [-0.2, -0.15) is 5.26 Å². The molecule has 0 heterocycles. The molecule has 0 amide bonds. The lowest BCUT2D eigenvalue weighted by atomic mass is 9.74. The Kier molecular flexibility index (Phi) is 5.21. The van der Waals surface area contributed by atoms with Gasteiger partial charge in [-0.1, -0.05) is 18.2 Å². The van der Waals surface area contributed by atoms with E-state index in [2.05, 4.69) is 0 Å². The van der Waals surface area contributed by atoms with Crippen LogP contribution < -0.4 is 0 Å². The first-order valence-corrected chi connectivity index (χ1v) is 6.01. The Bertz CT molecular complexity index is 532. The van der Waals surface area contributed by atoms with Gasteiger partial charge in [-0.3, -0.25) is 9.59 Å². The van der Waals surface area contributed by atoms with Crippen LogP contribution in [0.3, 0.4) is 0 Å². The molecule has 0 fully saturated rings. The molecular weight excluding hydrogens is 265 g/mol. The van der Waals surface area contributed by atoms with E-state index in [1.54, 1.807) is 0 Å². The molecule has 0 bridgehead atoms. The highest BCUT2D eigenvalue weighted by molar-refractivity contribution is 5.68. The number of aliphatic carboxylic acids is 2. The van der Waals surface area contributed by atoms with Crippen molar-refractivity contribution in [3.8, 4) is 6.07 Å². The van der Waals surface area contributed by atoms with Crippen LogP contribution in [0.25, 0.3) is 0 Å². The standard InChI is InChI=1S/C14H14FNO4/c15-11-4-2-1-3-10(11)14(9-16,7-5-12(17)18)8-6-13(19)20/h1-4H,5-8H2,(H,17,18)(H,19,20). The Balaban J connectivity index is 3.16. The molecule has 2 N–H and O–H groups in total. The number of nitrogens with zero attached hydrogens (tertiary/aromatic N) is 1. The van der Waals surface area contributed by atoms with Crippen LogP contribution in [0.2, 0.25) is 0 Å². The van der Waals surface area contributed by atoms with Crippen LogP contribution in [-0.4, -0.2) is 22.2 Å². The van der Waals surface area contributed by atoms with Crippen LogP contribution in [0, 0.1) is 17.1 Å². The van der Waals surface area contributed by atoms with Gasteiger partial charge in [-0.15, -0.1) is 0 Å². The molecule has 6 heteroatoms. The van der Waals surface area contributed by atoms with Crippen molar-refractivity contribution in [1.82, 2.24) is 0 Å². The quantitative estimate of drug-likeness (QED) is 0.798. The summed E-state index contributed by atoms with van der Waals surface area (Å²) in [6.07, 6.45) is -0.927. The van der Waals surface area contributed by atoms with Crippen molar-refractivity contribution in [2.75, 3.05) is 0 Å². The Morgan fingerprint density at radius 3 is 2.05 bits per heavy atom. The van der Waals surface area contributed by atoms with Gasteiger partial charge >= 0.3 is 11.9 Å². The summed E-state index contributed by atoms with van der Waals surface area (Å²) in [6.45, 7) is 0. The first-order chi connectivity index (χ1) is 9.41. The van der Waals surface area contributed by atoms with Gasteiger partial charge in [0, 0.05) is 18.4 Å². The van der Waals surface area contributed by atoms with Crippen molar-refractivity contribution < 1.29 is 24.2 Å². The molecule has 0 spiro atoms. The average Bonchev–Trinajstić information content (AvgIpc) is 2.40. The van der Waals surface area contributed by atoms with Gasteiger partial charge in [-0.05, 0) is 18.9 Å². The fourth-order valence-electron chi connectivity index (χ4n) is 2.06. The fraction of sp³-hybridized carbons (Fsp3) is 0.357. The predicted octanol–water partition coefficient (Wildman–Crippen LogP) is 2.32. The number of carbonyl (C=O) groups is 2. The fourth-order valence-corrected chi connectivity index (χ4v) is 2.06. The van der Waals surface area contributed by atoms with Crippen molar-refractivity contribution in [3.05, 3.63) is 35.6 Å². The summed E-state index contributed by atoms with van der Waals surface area (Å²) in [4.78, 5) is 21.4. The molecule has 1 aromatic rings. The first kappa shape index (κ1) is 15.6. The number of carboxylic acid groups (broad SMARTS) is 2. The second-order valence-corrected chi connectivity index (χ2v) is 4.46. The minimum atomic E-state index is -1.44. The van der Waals surface area contributed by atoms with Gasteiger partial charge < -0.3 is 10.2 Å². The second-order valence-electron chi connectivity index (χ2n) is 4.46. The predicted molar refractivity (Wildman–Crippen MR) is 67.4 cm³/mol. The highest BCUT2D eigenvalue weighted by atomic mass is 19.1. The number of rotatable bonds is 7. The molecule has 0 aliphatic heterocycles. The molecular formula is C14H14FNO4. The van der Waals surface area contributed by atoms with E-state index in [-0.39, 0.29) is 31.2 Å². The van der Waals surface area contributed by atoms with Crippen molar-refractivity contribution in [2.24, 2.45) is 0 Å². The second kappa shape index (κ2) is 6.66. The zero-order valence-electron chi connectivity index (χ0n) is 10.7. The van der Waals surface area contributed by atoms with Gasteiger partial charge in [0.1, 0.15) is 5.82 Å². The van der Waals surface area contributed by atoms with E-state index in [1.807, 2.05) is 6.07 Å². The summed E-state index contributed by atoms with van der Waals surface area (Å²) < 4.78 is 13.9. The summed E-state index contributed by atoms with van der Waals surface area (Å²) >= 11 is 0. The maximum Gasteiger partial charge on any atom is 0.303 e. The van der Waals surface area contributed by atoms with Gasteiger partial charge in [0.15, 0.2) is 0 Å². The summed E-state index contributed by atoms with van der Waals surface area (Å²) in [5.41, 5.74) is -1.40. The van der Waals surface area contributed by atoms with Gasteiger partial charge in [-0.25, -0.2) is 4.39 Å². The van der Waals surface area contributed by atoms with Crippen LogP contribution in [-0.2, 0) is 15.0 Å². The molecule has 0 unspecified atom stereocenters. The number of nitriles is 1. The largest absolute Gasteiger partial charge is 0.481 e. The van der Waals surface area contributed by atoms with E-state index < -0.39 is 23.2 Å². The topological polar surface area (TPSA) is 98.4 Å². The molecule has 106 valence electrons. The smallest absolute Gasteiger partial charge is 0.303 e. The van der Waals surface area contributed by atoms with E-state index >= 15 is 0 Å². The van der Waals surface area contributed by atoms with E-state index in [9.17, 15) is 19.2 Å². The first-order valence-electron chi connectivity index (χ1n) is 6.01. The summed E-state index contributed by atoms with van der Waals surface area (Å²) in [5.74, 6) is -2.86. The third-order valence-electron chi connectivity index (χ3n) is 3.13. The minimum Gasteiger partial charge on any atom is -0.481 e. The minimum absolute atomic E-state index is 0.0463. The van der Waals surface area contributed by atoms with Crippen molar-refractivity contribution in [3.63, 3.8) is 0 Å². The molecule has 0 saturated carbocycles. The van der Waals surface area contributed by atoms with Gasteiger partial charge in [0.25, 0.3) is 0 Å². The van der Waals surface area contributed by atoms with E-state index in [0.717, 1.165) is 0 Å². The Labute approximate surface area is 115 Å². The summed E-state index contributed by atoms with van der Waals surface area (Å²) in [7, 11) is 0. The molecule has 20 heavy (non-hydrogen) atoms. The SMILES string of the molecule is N#CC(CCC(=O)O)(CCC(=O)O)c1ccccc1F. The molecule has 0 aliphatic rings. The molecule has 1 rings (SSSR count). The zero-order valence-corrected chi connectivity index (χ0v) is 10.7. The molecule has 0 aliphatic carbocycles. The highest BCUT2D eigenvalue weighted by Crippen LogP contribution is 2.35. The molecule has 0 aromatic heterocycles. The van der Waals surface area contributed by atoms with E-state index in [1.165, 1.54) is 24.3 Å². The van der Waals surface area contributed by atoms with Crippen molar-refractivity contribution >= 4 is 11.9 Å². The summed E-state index contributed by atoms with van der Waals surface area (Å²) in [6, 6.07) is 7.46. The lowest BCUT2D eigenvalue weighted by Gasteiger charge is -2.26. The van der Waals surface area contributed by atoms with Crippen LogP contribution in [0.15, 0.2) is 24.3 Å². The normalized spacial score (nSPS) is 10.8. The van der Waals surface area contributed by atoms with Gasteiger partial charge in [0.2, 0.25) is 0 Å². The Morgan fingerprint density at radius 1 is 1.15 bits per heavy atom. The van der Waals surface area contributed by atoms with Crippen LogP contribution in [0.4, 0.5) is 4.39 Å². The number of hydrogen-bond acceptors (Lipinski definition) is 3. The lowest BCUT2D eigenvalue weighted by Crippen LogP contribution is -2.27. The molecule has 1 aromatic carbocycles. The monoisotopic (exact) mass is 279 g/mol. The Hall–Kier alpha value is -2.42. The maximum absolute atomic E-state index is 13.9. The number of benzene rings is 1. The van der Waals surface area contributed by atoms with Crippen LogP contribution in [0.1, 0.15) is 31.2 Å². The summed E-state index contributed by atoms with van der Waals surface area (Å²) in [5, 5.41) is 26.9. The van der Waals surface area contributed by atoms with Crippen LogP contribution >= 0.6 is 0 Å². The molecule has 5 nitrogen and oxygen atoms in total. The Morgan fingerprint density at radius 2 is 1.65 bits per heavy atom. The van der Waals surface area contributed by atoms with Crippen LogP contribution in [0.5, 0.6) is 0 Å². The lowest BCUT2D eigenvalue weighted by molar-refractivity contribution is -0.137. The molecule has 0 atom stereocenters. The van der Waals surface area contributed by atoms with E-state index in [4.69, 9.17) is 10.2 Å². The number of halogens is 1. The highest BCUT2D eigenvalue weighted by Gasteiger charge is 2.35. The maximum atomic E-state index is 13.9. The molecule has 0 radical (unpaired) electrons. The van der Waals surface area contributed by atoms with Crippen molar-refractivity contribution in [2.45, 2.75) is 31.1 Å². The third-order valence-corrected chi connectivity index (χ3v) is 3.13. The third kappa shape index (κ3) is 3.79. The van der Waals surface area contributed by atoms with Gasteiger partial charge in [0.05, 0.1) is 11.5 Å².